The molecule has 6 nitrogen and oxygen atoms in total. The Balaban J connectivity index is -0.000000334. The van der Waals surface area contributed by atoms with Crippen LogP contribution in [0.25, 0.3) is 0 Å². The maximum atomic E-state index is 9.00. The number of allylic oxidation sites excluding steroid dienone is 1. The Kier molecular flexibility index (Phi) is 20.9. The predicted octanol–water partition coefficient (Wildman–Crippen LogP) is 0.812. The van der Waals surface area contributed by atoms with Gasteiger partial charge in [0.05, 0.1) is 0 Å². The van der Waals surface area contributed by atoms with Crippen LogP contribution in [0.1, 0.15) is 41.5 Å². The normalized spacial score (nSPS) is 8.86. The zero-order valence-corrected chi connectivity index (χ0v) is 14.1. The largest absolute Gasteiger partial charge is 0.550 e. The number of nitrogens with zero attached hydrogens (tertiary/aromatic N) is 2. The number of carbonyl (C=O) groups is 2. The first-order chi connectivity index (χ1) is 9.74. The van der Waals surface area contributed by atoms with Gasteiger partial charge in [-0.1, -0.05) is 0 Å². The van der Waals surface area contributed by atoms with Gasteiger partial charge in [-0.3, -0.25) is 4.79 Å². The molecule has 0 aliphatic rings. The average molecular weight is 302 g/mol. The van der Waals surface area contributed by atoms with Gasteiger partial charge in [-0.15, -0.1) is 0 Å². The van der Waals surface area contributed by atoms with E-state index < -0.39 is 11.9 Å². The highest BCUT2D eigenvalue weighted by Crippen LogP contribution is 1.86. The van der Waals surface area contributed by atoms with E-state index >= 15 is 0 Å². The fraction of sp³-hybridized carbons (Fsp3) is 0.667. The Hall–Kier alpha value is -1.85. The van der Waals surface area contributed by atoms with Crippen LogP contribution in [0.3, 0.4) is 0 Å². The molecule has 0 amide bonds. The summed E-state index contributed by atoms with van der Waals surface area (Å²) < 4.78 is 2.28. The van der Waals surface area contributed by atoms with Crippen LogP contribution in [-0.2, 0) is 9.59 Å². The third-order valence-electron chi connectivity index (χ3n) is 2.22. The van der Waals surface area contributed by atoms with E-state index in [4.69, 9.17) is 19.8 Å². The van der Waals surface area contributed by atoms with Crippen LogP contribution in [0.5, 0.6) is 0 Å². The summed E-state index contributed by atoms with van der Waals surface area (Å²) in [4.78, 5) is 20.2. The summed E-state index contributed by atoms with van der Waals surface area (Å²) in [6.07, 6.45) is 6.43. The second-order valence-corrected chi connectivity index (χ2v) is 3.94. The molecule has 6 heteroatoms. The van der Waals surface area contributed by atoms with E-state index in [1.807, 2.05) is 0 Å². The van der Waals surface area contributed by atoms with Gasteiger partial charge in [-0.2, -0.15) is 0 Å². The van der Waals surface area contributed by atoms with Gasteiger partial charge in [0, 0.05) is 38.3 Å². The Morgan fingerprint density at radius 2 is 1.43 bits per heavy atom. The highest BCUT2D eigenvalue weighted by molar-refractivity contribution is 5.65. The molecule has 0 saturated heterocycles. The predicted molar refractivity (Wildman–Crippen MR) is 83.5 cm³/mol. The van der Waals surface area contributed by atoms with Gasteiger partial charge in [0.15, 0.2) is 6.21 Å². The van der Waals surface area contributed by atoms with E-state index in [2.05, 4.69) is 55.7 Å². The molecule has 0 aliphatic carbocycles. The van der Waals surface area contributed by atoms with Crippen LogP contribution in [-0.4, -0.2) is 58.9 Å². The molecule has 0 rings (SSSR count). The van der Waals surface area contributed by atoms with Gasteiger partial charge in [-0.05, 0) is 34.6 Å². The number of carbonyl (C=O) groups excluding carboxylic acids is 1. The number of hydrogen-bond donors (Lipinski definition) is 1. The number of carboxylic acids is 2. The molecular formula is C15H30N2O4. The van der Waals surface area contributed by atoms with Crippen molar-refractivity contribution in [1.82, 2.24) is 4.90 Å². The van der Waals surface area contributed by atoms with Crippen LogP contribution in [0.2, 0.25) is 0 Å². The van der Waals surface area contributed by atoms with Gasteiger partial charge in [0.1, 0.15) is 13.1 Å². The summed E-state index contributed by atoms with van der Waals surface area (Å²) in [6.45, 7) is 15.1. The van der Waals surface area contributed by atoms with Crippen molar-refractivity contribution >= 4 is 18.2 Å². The van der Waals surface area contributed by atoms with Crippen LogP contribution < -0.4 is 5.11 Å². The molecule has 0 heterocycles. The number of rotatable bonds is 6. The smallest absolute Gasteiger partial charge is 0.300 e. The first kappa shape index (κ1) is 24.2. The second-order valence-electron chi connectivity index (χ2n) is 3.94. The van der Waals surface area contributed by atoms with Crippen molar-refractivity contribution in [2.45, 2.75) is 41.5 Å². The molecule has 0 unspecified atom stereocenters. The molecule has 0 spiro atoms. The van der Waals surface area contributed by atoms with Gasteiger partial charge in [0.2, 0.25) is 0 Å². The molecular weight excluding hydrogens is 272 g/mol. The number of carboxylic acid groups (broad SMARTS) is 2. The molecule has 0 aromatic heterocycles. The topological polar surface area (TPSA) is 83.7 Å². The lowest BCUT2D eigenvalue weighted by Crippen LogP contribution is -2.16. The van der Waals surface area contributed by atoms with Crippen molar-refractivity contribution in [3.8, 4) is 0 Å². The minimum absolute atomic E-state index is 0.833. The molecule has 21 heavy (non-hydrogen) atoms. The lowest BCUT2D eigenvalue weighted by Gasteiger charge is -2.13. The first-order valence-electron chi connectivity index (χ1n) is 7.11. The average Bonchev–Trinajstić information content (AvgIpc) is 2.38. The fourth-order valence-electron chi connectivity index (χ4n) is 1.15. The van der Waals surface area contributed by atoms with E-state index in [9.17, 15) is 0 Å². The summed E-state index contributed by atoms with van der Waals surface area (Å²) in [5.74, 6) is -1.92. The van der Waals surface area contributed by atoms with Gasteiger partial charge >= 0.3 is 0 Å². The lowest BCUT2D eigenvalue weighted by atomic mass is 10.5. The molecule has 124 valence electrons. The molecule has 0 aromatic carbocycles. The zero-order valence-electron chi connectivity index (χ0n) is 14.1. The molecule has 0 atom stereocenters. The maximum Gasteiger partial charge on any atom is 0.300 e. The van der Waals surface area contributed by atoms with E-state index in [0.29, 0.717) is 0 Å². The summed E-state index contributed by atoms with van der Waals surface area (Å²) in [6, 6.07) is 0. The Bertz CT molecular complexity index is 296. The minimum atomic E-state index is -1.08. The SMILES string of the molecule is CC(=O)O.CC(=O)[O-].CCN(/C=C/C=[N+](CC)CC)CC. The maximum absolute atomic E-state index is 9.00. The third kappa shape index (κ3) is 32.1. The molecule has 1 N–H and O–H groups in total. The van der Waals surface area contributed by atoms with Crippen molar-refractivity contribution in [2.24, 2.45) is 0 Å². The van der Waals surface area contributed by atoms with E-state index in [1.165, 1.54) is 0 Å². The highest BCUT2D eigenvalue weighted by Gasteiger charge is 1.92. The Morgan fingerprint density at radius 1 is 1.10 bits per heavy atom. The second kappa shape index (κ2) is 18.1. The summed E-state index contributed by atoms with van der Waals surface area (Å²) in [7, 11) is 0. The monoisotopic (exact) mass is 302 g/mol. The van der Waals surface area contributed by atoms with Gasteiger partial charge < -0.3 is 19.9 Å². The van der Waals surface area contributed by atoms with E-state index in [0.717, 1.165) is 40.0 Å². The quantitative estimate of drug-likeness (QED) is 0.580. The fourth-order valence-corrected chi connectivity index (χ4v) is 1.15. The minimum Gasteiger partial charge on any atom is -0.550 e. The van der Waals surface area contributed by atoms with Crippen molar-refractivity contribution in [2.75, 3.05) is 26.2 Å². The first-order valence-corrected chi connectivity index (χ1v) is 7.11. The molecule has 0 bridgehead atoms. The van der Waals surface area contributed by atoms with Crippen molar-refractivity contribution in [3.05, 3.63) is 12.3 Å². The Labute approximate surface area is 128 Å². The zero-order chi connectivity index (χ0) is 17.3. The van der Waals surface area contributed by atoms with Gasteiger partial charge in [0.25, 0.3) is 5.97 Å². The number of aliphatic carboxylic acids is 2. The van der Waals surface area contributed by atoms with Crippen molar-refractivity contribution in [1.29, 1.82) is 0 Å². The van der Waals surface area contributed by atoms with E-state index in [1.54, 1.807) is 0 Å². The molecule has 0 saturated carbocycles. The lowest BCUT2D eigenvalue weighted by molar-refractivity contribution is -0.515. The van der Waals surface area contributed by atoms with Crippen LogP contribution in [0.4, 0.5) is 0 Å². The third-order valence-corrected chi connectivity index (χ3v) is 2.22. The standard InChI is InChI=1S/C11H23N2.2C2H4O2/c1-5-12(6-2)10-9-11-13(7-3)8-4;2*1-2(3)4/h9-11H,5-8H2,1-4H3;2*1H3,(H,3,4)/q+1;;/p-1. The molecule has 0 aromatic rings. The molecule has 0 radical (unpaired) electrons. The van der Waals surface area contributed by atoms with E-state index in [-0.39, 0.29) is 0 Å². The van der Waals surface area contributed by atoms with Crippen LogP contribution in [0, 0.1) is 0 Å². The number of hydrogen-bond acceptors (Lipinski definition) is 4. The van der Waals surface area contributed by atoms with Crippen molar-refractivity contribution < 1.29 is 24.4 Å². The highest BCUT2D eigenvalue weighted by atomic mass is 16.4. The summed E-state index contributed by atoms with van der Waals surface area (Å²) in [5.41, 5.74) is 0. The summed E-state index contributed by atoms with van der Waals surface area (Å²) in [5, 5.41) is 16.3. The Morgan fingerprint density at radius 3 is 1.67 bits per heavy atom. The summed E-state index contributed by atoms with van der Waals surface area (Å²) >= 11 is 0. The van der Waals surface area contributed by atoms with Crippen LogP contribution >= 0.6 is 0 Å². The molecule has 0 fully saturated rings. The van der Waals surface area contributed by atoms with Gasteiger partial charge in [-0.25, -0.2) is 4.58 Å². The van der Waals surface area contributed by atoms with Crippen LogP contribution in [0.15, 0.2) is 12.3 Å². The molecule has 0 aliphatic heterocycles. The van der Waals surface area contributed by atoms with Crippen molar-refractivity contribution in [3.63, 3.8) is 0 Å².